The predicted molar refractivity (Wildman–Crippen MR) is 136 cm³/mol. The van der Waals surface area contributed by atoms with Crippen LogP contribution in [-0.4, -0.2) is 76.0 Å². The van der Waals surface area contributed by atoms with E-state index in [4.69, 9.17) is 4.74 Å². The molecule has 9 nitrogen and oxygen atoms in total. The number of hydrogen-bond donors (Lipinski definition) is 0. The average molecular weight is 498 g/mol. The van der Waals surface area contributed by atoms with Gasteiger partial charge >= 0.3 is 0 Å². The van der Waals surface area contributed by atoms with Gasteiger partial charge in [-0.2, -0.15) is 5.26 Å². The van der Waals surface area contributed by atoms with E-state index in [2.05, 4.69) is 26.3 Å². The molecule has 0 N–H and O–H groups in total. The number of likely N-dealkylation sites (tertiary alicyclic amines) is 1. The van der Waals surface area contributed by atoms with E-state index in [1.165, 1.54) is 0 Å². The van der Waals surface area contributed by atoms with Crippen molar-refractivity contribution < 1.29 is 9.53 Å². The Bertz CT molecular complexity index is 1230. The number of aromatic nitrogens is 4. The second-order valence-electron chi connectivity index (χ2n) is 9.17. The van der Waals surface area contributed by atoms with Crippen LogP contribution in [0, 0.1) is 24.2 Å². The number of carbonyl (C=O) groups excluding carboxylic acids is 1. The van der Waals surface area contributed by atoms with E-state index in [0.29, 0.717) is 30.3 Å². The normalized spacial score (nSPS) is 14.4. The molecule has 1 saturated heterocycles. The number of rotatable bonds is 7. The summed E-state index contributed by atoms with van der Waals surface area (Å²) in [6.45, 7) is 5.13. The minimum atomic E-state index is 0. The monoisotopic (exact) mass is 497 g/mol. The molecular weight excluding hydrogens is 466 g/mol. The summed E-state index contributed by atoms with van der Waals surface area (Å²) in [6, 6.07) is 10.0. The maximum Gasteiger partial charge on any atom is 0.236 e. The van der Waals surface area contributed by atoms with Gasteiger partial charge < -0.3 is 9.64 Å². The van der Waals surface area contributed by atoms with Crippen molar-refractivity contribution in [3.63, 3.8) is 0 Å². The topological polar surface area (TPSA) is 100 Å². The molecule has 0 spiro atoms. The third-order valence-electron chi connectivity index (χ3n) is 6.53. The lowest BCUT2D eigenvalue weighted by Crippen LogP contribution is -2.41. The first-order chi connectivity index (χ1) is 16.4. The van der Waals surface area contributed by atoms with Crippen molar-refractivity contribution in [3.05, 3.63) is 35.5 Å². The molecule has 0 aliphatic carbocycles. The maximum absolute atomic E-state index is 11.9. The van der Waals surface area contributed by atoms with Crippen molar-refractivity contribution in [1.82, 2.24) is 29.8 Å². The van der Waals surface area contributed by atoms with E-state index in [0.717, 1.165) is 54.7 Å². The number of carbonyl (C=O) groups is 1. The van der Waals surface area contributed by atoms with Crippen LogP contribution in [0.5, 0.6) is 5.75 Å². The number of benzene rings is 1. The van der Waals surface area contributed by atoms with E-state index < -0.39 is 0 Å². The summed E-state index contributed by atoms with van der Waals surface area (Å²) in [7, 11) is 5.41. The third-order valence-corrected chi connectivity index (χ3v) is 6.53. The van der Waals surface area contributed by atoms with Gasteiger partial charge in [-0.1, -0.05) is 5.21 Å². The van der Waals surface area contributed by atoms with E-state index >= 15 is 0 Å². The number of ether oxygens (including phenoxy) is 1. The molecule has 1 aliphatic heterocycles. The van der Waals surface area contributed by atoms with E-state index in [-0.39, 0.29) is 24.0 Å². The van der Waals surface area contributed by atoms with E-state index in [9.17, 15) is 10.1 Å². The van der Waals surface area contributed by atoms with Crippen LogP contribution < -0.4 is 4.74 Å². The predicted octanol–water partition coefficient (Wildman–Crippen LogP) is 3.20. The summed E-state index contributed by atoms with van der Waals surface area (Å²) >= 11 is 0. The highest BCUT2D eigenvalue weighted by atomic mass is 35.5. The number of piperidine rings is 1. The van der Waals surface area contributed by atoms with Crippen LogP contribution in [0.2, 0.25) is 0 Å². The quantitative estimate of drug-likeness (QED) is 0.494. The SMILES string of the molecule is Cc1cc(-c2cc3c(nnn3C)c(C#N)n2)ccc1OCCC1CCN(CC(=O)N(C)C)CC1.Cl. The van der Waals surface area contributed by atoms with E-state index in [1.807, 2.05) is 31.2 Å². The fourth-order valence-corrected chi connectivity index (χ4v) is 4.33. The molecule has 0 saturated carbocycles. The first-order valence-corrected chi connectivity index (χ1v) is 11.6. The third kappa shape index (κ3) is 6.08. The van der Waals surface area contributed by atoms with Crippen LogP contribution in [0.4, 0.5) is 0 Å². The minimum Gasteiger partial charge on any atom is -0.493 e. The van der Waals surface area contributed by atoms with Crippen LogP contribution in [0.15, 0.2) is 24.3 Å². The zero-order valence-electron chi connectivity index (χ0n) is 20.7. The standard InChI is InChI=1S/C25H31N7O2.ClH/c1-17-13-19(20-14-22-25(21(15-26)27-20)28-29-31(22)4)5-6-23(17)34-12-9-18-7-10-32(11-8-18)16-24(33)30(2)3;/h5-6,13-14,18H,7-12,16H2,1-4H3;1H. The van der Waals surface area contributed by atoms with E-state index in [1.54, 1.807) is 30.7 Å². The minimum absolute atomic E-state index is 0. The number of nitrogens with zero attached hydrogens (tertiary/aromatic N) is 7. The van der Waals surface area contributed by atoms with Gasteiger partial charge in [0.2, 0.25) is 5.91 Å². The molecule has 3 aromatic rings. The summed E-state index contributed by atoms with van der Waals surface area (Å²) in [5, 5.41) is 17.5. The first-order valence-electron chi connectivity index (χ1n) is 11.6. The maximum atomic E-state index is 11.9. The van der Waals surface area contributed by atoms with Crippen LogP contribution >= 0.6 is 12.4 Å². The molecule has 1 fully saturated rings. The molecule has 35 heavy (non-hydrogen) atoms. The lowest BCUT2D eigenvalue weighted by molar-refractivity contribution is -0.130. The number of likely N-dealkylation sites (N-methyl/N-ethyl adjacent to an activating group) is 1. The van der Waals surface area contributed by atoms with Crippen molar-refractivity contribution in [2.45, 2.75) is 26.2 Å². The van der Waals surface area contributed by atoms with Crippen LogP contribution in [0.3, 0.4) is 0 Å². The van der Waals surface area contributed by atoms with Crippen molar-refractivity contribution >= 4 is 29.3 Å². The second kappa shape index (κ2) is 11.5. The molecule has 0 atom stereocenters. The number of amides is 1. The molecule has 10 heteroatoms. The van der Waals surface area contributed by atoms with Crippen molar-refractivity contribution in [1.29, 1.82) is 5.26 Å². The number of nitriles is 1. The first kappa shape index (κ1) is 26.4. The van der Waals surface area contributed by atoms with Gasteiger partial charge in [0, 0.05) is 26.7 Å². The van der Waals surface area contributed by atoms with Gasteiger partial charge in [0.25, 0.3) is 0 Å². The van der Waals surface area contributed by atoms with Gasteiger partial charge in [0.15, 0.2) is 5.69 Å². The molecule has 0 radical (unpaired) electrons. The number of pyridine rings is 1. The lowest BCUT2D eigenvalue weighted by atomic mass is 9.94. The Labute approximate surface area is 212 Å². The number of halogens is 1. The smallest absolute Gasteiger partial charge is 0.236 e. The molecule has 3 heterocycles. The highest BCUT2D eigenvalue weighted by Gasteiger charge is 2.21. The molecule has 0 unspecified atom stereocenters. The Kier molecular flexibility index (Phi) is 8.65. The number of fused-ring (bicyclic) bond motifs is 1. The van der Waals surface area contributed by atoms with Gasteiger partial charge in [-0.3, -0.25) is 9.69 Å². The van der Waals surface area contributed by atoms with Crippen LogP contribution in [-0.2, 0) is 11.8 Å². The zero-order chi connectivity index (χ0) is 24.2. The molecule has 186 valence electrons. The summed E-state index contributed by atoms with van der Waals surface area (Å²) in [5.74, 6) is 1.65. The molecule has 1 aliphatic rings. The van der Waals surface area contributed by atoms with Crippen molar-refractivity contribution in [3.8, 4) is 23.1 Å². The summed E-state index contributed by atoms with van der Waals surface area (Å²) < 4.78 is 7.75. The zero-order valence-corrected chi connectivity index (χ0v) is 21.5. The Morgan fingerprint density at radius 1 is 1.26 bits per heavy atom. The highest BCUT2D eigenvalue weighted by Crippen LogP contribution is 2.28. The van der Waals surface area contributed by atoms with Gasteiger partial charge in [-0.15, -0.1) is 17.5 Å². The van der Waals surface area contributed by atoms with Crippen LogP contribution in [0.1, 0.15) is 30.5 Å². The summed E-state index contributed by atoms with van der Waals surface area (Å²) in [4.78, 5) is 20.3. The molecule has 0 bridgehead atoms. The molecule has 1 amide bonds. The fraction of sp³-hybridized carbons (Fsp3) is 0.480. The summed E-state index contributed by atoms with van der Waals surface area (Å²) in [5.41, 5.74) is 4.22. The summed E-state index contributed by atoms with van der Waals surface area (Å²) in [6.07, 6.45) is 3.20. The Morgan fingerprint density at radius 2 is 2.00 bits per heavy atom. The Hall–Kier alpha value is -3.22. The van der Waals surface area contributed by atoms with Gasteiger partial charge in [0.1, 0.15) is 17.3 Å². The van der Waals surface area contributed by atoms with Crippen molar-refractivity contribution in [2.24, 2.45) is 13.0 Å². The average Bonchev–Trinajstić information content (AvgIpc) is 3.21. The fourth-order valence-electron chi connectivity index (χ4n) is 4.33. The highest BCUT2D eigenvalue weighted by molar-refractivity contribution is 5.85. The lowest BCUT2D eigenvalue weighted by Gasteiger charge is -2.32. The van der Waals surface area contributed by atoms with Gasteiger partial charge in [0.05, 0.1) is 24.4 Å². The Balaban J connectivity index is 0.00000342. The molecule has 2 aromatic heterocycles. The largest absolute Gasteiger partial charge is 0.493 e. The number of hydrogen-bond acceptors (Lipinski definition) is 7. The van der Waals surface area contributed by atoms with Gasteiger partial charge in [-0.25, -0.2) is 9.67 Å². The number of aryl methyl sites for hydroxylation is 2. The Morgan fingerprint density at radius 3 is 2.66 bits per heavy atom. The van der Waals surface area contributed by atoms with Crippen LogP contribution in [0.25, 0.3) is 22.3 Å². The molecule has 1 aromatic carbocycles. The second-order valence-corrected chi connectivity index (χ2v) is 9.17. The van der Waals surface area contributed by atoms with Crippen molar-refractivity contribution in [2.75, 3.05) is 40.3 Å². The molecule has 4 rings (SSSR count). The molecular formula is C25H32ClN7O2. The van der Waals surface area contributed by atoms with Gasteiger partial charge in [-0.05, 0) is 75.0 Å².